The van der Waals surface area contributed by atoms with Crippen molar-refractivity contribution in [1.82, 2.24) is 4.90 Å². The number of nitrogens with zero attached hydrogens (tertiary/aromatic N) is 2. The fraction of sp³-hybridized carbons (Fsp3) is 0.368. The second-order valence-corrected chi connectivity index (χ2v) is 19.7. The van der Waals surface area contributed by atoms with Crippen LogP contribution in [-0.2, 0) is 5.41 Å². The summed E-state index contributed by atoms with van der Waals surface area (Å²) in [4.78, 5) is 5.87. The number of allylic oxidation sites excluding steroid dienone is 4. The van der Waals surface area contributed by atoms with E-state index in [0.29, 0.717) is 29.8 Å². The van der Waals surface area contributed by atoms with Gasteiger partial charge in [0.2, 0.25) is 0 Å². The first kappa shape index (κ1) is 36.7. The van der Waals surface area contributed by atoms with Gasteiger partial charge in [-0.2, -0.15) is 0 Å². The lowest BCUT2D eigenvalue weighted by Gasteiger charge is -2.59. The van der Waals surface area contributed by atoms with E-state index in [1.165, 1.54) is 46.7 Å². The van der Waals surface area contributed by atoms with Gasteiger partial charge in [-0.1, -0.05) is 140 Å². The van der Waals surface area contributed by atoms with Crippen molar-refractivity contribution in [3.63, 3.8) is 0 Å². The zero-order valence-electron chi connectivity index (χ0n) is 35.3. The van der Waals surface area contributed by atoms with Crippen LogP contribution >= 0.6 is 0 Å². The van der Waals surface area contributed by atoms with Crippen molar-refractivity contribution in [2.45, 2.75) is 119 Å². The van der Waals surface area contributed by atoms with E-state index in [1.54, 1.807) is 16.7 Å². The van der Waals surface area contributed by atoms with Gasteiger partial charge in [0.25, 0.3) is 0 Å². The van der Waals surface area contributed by atoms with Crippen LogP contribution in [-0.4, -0.2) is 34.1 Å². The van der Waals surface area contributed by atoms with Crippen molar-refractivity contribution in [2.75, 3.05) is 4.90 Å². The molecule has 0 saturated carbocycles. The zero-order chi connectivity index (χ0) is 40.1. The van der Waals surface area contributed by atoms with E-state index in [0.717, 1.165) is 55.9 Å². The largest absolute Gasteiger partial charge is 0.456 e. The molecule has 9 unspecified atom stereocenters. The van der Waals surface area contributed by atoms with Gasteiger partial charge in [-0.3, -0.25) is 4.90 Å². The van der Waals surface area contributed by atoms with Crippen molar-refractivity contribution < 1.29 is 4.42 Å². The van der Waals surface area contributed by atoms with E-state index >= 15 is 0 Å². The van der Waals surface area contributed by atoms with Crippen molar-refractivity contribution in [1.29, 1.82) is 0 Å². The highest BCUT2D eigenvalue weighted by molar-refractivity contribution is 5.82. The first-order chi connectivity index (χ1) is 29.5. The summed E-state index contributed by atoms with van der Waals surface area (Å²) < 4.78 is 6.73. The quantitative estimate of drug-likeness (QED) is 0.160. The van der Waals surface area contributed by atoms with Crippen LogP contribution in [0.2, 0.25) is 0 Å². The number of rotatable bonds is 6. The van der Waals surface area contributed by atoms with E-state index in [9.17, 15) is 0 Å². The molecule has 0 saturated heterocycles. The maximum absolute atomic E-state index is 6.73. The van der Waals surface area contributed by atoms with Gasteiger partial charge in [0.05, 0.1) is 6.04 Å². The van der Waals surface area contributed by atoms with Gasteiger partial charge in [-0.15, -0.1) is 0 Å². The molecule has 1 aromatic heterocycles. The van der Waals surface area contributed by atoms with Crippen LogP contribution in [0.5, 0.6) is 0 Å². The van der Waals surface area contributed by atoms with Crippen LogP contribution in [0.15, 0.2) is 150 Å². The Hall–Kier alpha value is -5.12. The molecule has 3 nitrogen and oxygen atoms in total. The maximum atomic E-state index is 6.73. The summed E-state index contributed by atoms with van der Waals surface area (Å²) in [5.41, 5.74) is 10.8. The van der Waals surface area contributed by atoms with E-state index < -0.39 is 0 Å². The maximum Gasteiger partial charge on any atom is 0.135 e. The predicted octanol–water partition coefficient (Wildman–Crippen LogP) is 11.8. The van der Waals surface area contributed by atoms with Crippen LogP contribution in [0.1, 0.15) is 106 Å². The normalized spacial score (nSPS) is 33.6. The van der Waals surface area contributed by atoms with Gasteiger partial charge in [-0.05, 0) is 136 Å². The van der Waals surface area contributed by atoms with Crippen LogP contribution in [0, 0.1) is 11.8 Å². The second-order valence-electron chi connectivity index (χ2n) is 19.7. The molecule has 6 aliphatic carbocycles. The molecule has 60 heavy (non-hydrogen) atoms. The summed E-state index contributed by atoms with van der Waals surface area (Å²) in [5, 5.41) is 2.50. The van der Waals surface area contributed by atoms with Crippen LogP contribution in [0.4, 0.5) is 5.69 Å². The molecule has 5 aromatic rings. The number of hydrogen-bond acceptors (Lipinski definition) is 3. The fourth-order valence-corrected chi connectivity index (χ4v) is 14.3. The number of benzene rings is 4. The topological polar surface area (TPSA) is 19.6 Å². The molecule has 4 aromatic carbocycles. The minimum Gasteiger partial charge on any atom is -0.456 e. The Labute approximate surface area is 356 Å². The molecule has 7 aliphatic rings. The molecular weight excluding hydrogens is 729 g/mol. The fourth-order valence-electron chi connectivity index (χ4n) is 14.3. The summed E-state index contributed by atoms with van der Waals surface area (Å²) >= 11 is 0. The molecule has 12 rings (SSSR count). The number of fused-ring (bicyclic) bond motifs is 9. The van der Waals surface area contributed by atoms with E-state index in [-0.39, 0.29) is 22.5 Å². The highest BCUT2D eigenvalue weighted by Gasteiger charge is 2.60. The third kappa shape index (κ3) is 5.36. The minimum absolute atomic E-state index is 0.0934. The van der Waals surface area contributed by atoms with Gasteiger partial charge in [0, 0.05) is 50.8 Å². The van der Waals surface area contributed by atoms with Crippen LogP contribution in [0.3, 0.4) is 0 Å². The summed E-state index contributed by atoms with van der Waals surface area (Å²) in [6.45, 7) is 5.25. The van der Waals surface area contributed by atoms with E-state index in [2.05, 4.69) is 181 Å². The highest BCUT2D eigenvalue weighted by atomic mass is 16.3. The molecule has 0 bridgehead atoms. The third-order valence-electron chi connectivity index (χ3n) is 16.5. The van der Waals surface area contributed by atoms with Gasteiger partial charge in [0.15, 0.2) is 0 Å². The number of para-hydroxylation sites is 2. The molecule has 9 atom stereocenters. The highest BCUT2D eigenvalue weighted by Crippen LogP contribution is 2.65. The standard InChI is InChI=1S/C57H58N2O/c1-55(35-33-52-48(37-55)45-25-13-16-28-51(45)58(52)41-22-10-5-11-23-41)59(42-30-31-47-46-26-14-17-29-53(46)60-54(47)36-42)56(2)34-32-44-43-24-12-15-27-49(43)57(50(44)38-56,39-18-6-3-7-19-39)40-20-8-4-9-21-40/h3-8,10,12-19,24-29,31-33,35-36,40-42,48,50,52H,9,11,20-23,30,34,37-38H2,1-2H3. The van der Waals surface area contributed by atoms with E-state index in [4.69, 9.17) is 4.42 Å². The summed E-state index contributed by atoms with van der Waals surface area (Å²) in [5.74, 6) is 1.34. The van der Waals surface area contributed by atoms with Gasteiger partial charge >= 0.3 is 0 Å². The van der Waals surface area contributed by atoms with Crippen molar-refractivity contribution in [3.05, 3.63) is 179 Å². The van der Waals surface area contributed by atoms with Crippen LogP contribution in [0.25, 0.3) is 28.7 Å². The Morgan fingerprint density at radius 1 is 0.733 bits per heavy atom. The van der Waals surface area contributed by atoms with Crippen molar-refractivity contribution in [2.24, 2.45) is 11.8 Å². The smallest absolute Gasteiger partial charge is 0.135 e. The minimum atomic E-state index is -0.191. The molecule has 0 spiro atoms. The van der Waals surface area contributed by atoms with Gasteiger partial charge in [-0.25, -0.2) is 0 Å². The average molecular weight is 787 g/mol. The number of anilines is 1. The third-order valence-corrected chi connectivity index (χ3v) is 16.5. The number of furan rings is 1. The first-order valence-corrected chi connectivity index (χ1v) is 23.2. The number of hydrogen-bond donors (Lipinski definition) is 0. The lowest BCUT2D eigenvalue weighted by Crippen LogP contribution is -2.65. The van der Waals surface area contributed by atoms with Crippen molar-refractivity contribution in [3.8, 4) is 0 Å². The average Bonchev–Trinajstić information content (AvgIpc) is 3.92. The Morgan fingerprint density at radius 3 is 2.37 bits per heavy atom. The van der Waals surface area contributed by atoms with Crippen LogP contribution < -0.4 is 15.5 Å². The lowest BCUT2D eigenvalue weighted by atomic mass is 9.55. The second kappa shape index (κ2) is 14.0. The molecule has 302 valence electrons. The lowest BCUT2D eigenvalue weighted by molar-refractivity contribution is -0.0253. The molecule has 2 heterocycles. The molecule has 1 aliphatic heterocycles. The summed E-state index contributed by atoms with van der Waals surface area (Å²) in [6, 6.07) is 40.4. The van der Waals surface area contributed by atoms with E-state index in [1.807, 2.05) is 0 Å². The molecule has 0 radical (unpaired) electrons. The zero-order valence-corrected chi connectivity index (χ0v) is 35.3. The summed E-state index contributed by atoms with van der Waals surface area (Å²) in [7, 11) is 0. The predicted molar refractivity (Wildman–Crippen MR) is 248 cm³/mol. The monoisotopic (exact) mass is 786 g/mol. The Balaban J connectivity index is 1.02. The molecule has 0 amide bonds. The summed E-state index contributed by atoms with van der Waals surface area (Å²) in [6.07, 6.45) is 34.0. The Bertz CT molecular complexity index is 2730. The Morgan fingerprint density at radius 2 is 1.52 bits per heavy atom. The SMILES string of the molecule is CC1(N(C2C=c3oc4ccccc4c3=CC2)C2(C)CC=C3c4ccccc4C(c4ccccc4)(C4CC=CCC4)C3C2)C=CC2C(C1)c1ccccc1N2C1CC=CCC1. The molecule has 3 heteroatoms. The van der Waals surface area contributed by atoms with Crippen molar-refractivity contribution >= 4 is 34.4 Å². The first-order valence-electron chi connectivity index (χ1n) is 23.2. The molecule has 0 fully saturated rings. The molecular formula is C57H58N2O. The van der Waals surface area contributed by atoms with Gasteiger partial charge < -0.3 is 9.32 Å². The molecule has 0 N–H and O–H groups in total. The van der Waals surface area contributed by atoms with Gasteiger partial charge in [0.1, 0.15) is 11.0 Å². The Kier molecular flexibility index (Phi) is 8.54.